The van der Waals surface area contributed by atoms with Crippen LogP contribution in [0.1, 0.15) is 18.4 Å². The highest BCUT2D eigenvalue weighted by atomic mass is 19.4. The third kappa shape index (κ3) is 3.18. The monoisotopic (exact) mass is 276 g/mol. The molecule has 2 N–H and O–H groups in total. The Morgan fingerprint density at radius 3 is 2.63 bits per heavy atom. The van der Waals surface area contributed by atoms with Gasteiger partial charge in [-0.2, -0.15) is 13.2 Å². The minimum Gasteiger partial charge on any atom is -0.371 e. The van der Waals surface area contributed by atoms with Crippen LogP contribution in [-0.2, 0) is 6.54 Å². The Bertz CT molecular complexity index is 445. The van der Waals surface area contributed by atoms with Crippen LogP contribution in [0.3, 0.4) is 0 Å². The van der Waals surface area contributed by atoms with Gasteiger partial charge in [0.05, 0.1) is 5.92 Å². The molecule has 1 atom stereocenters. The largest absolute Gasteiger partial charge is 0.393 e. The van der Waals surface area contributed by atoms with Crippen LogP contribution in [0.25, 0.3) is 0 Å². The lowest BCUT2D eigenvalue weighted by Crippen LogP contribution is -2.41. The summed E-state index contributed by atoms with van der Waals surface area (Å²) in [5.74, 6) is -1.80. The summed E-state index contributed by atoms with van der Waals surface area (Å²) in [5.41, 5.74) is 6.21. The third-order valence-corrected chi connectivity index (χ3v) is 3.51. The van der Waals surface area contributed by atoms with Gasteiger partial charge in [-0.3, -0.25) is 0 Å². The molecule has 0 aromatic heterocycles. The molecule has 2 rings (SSSR count). The summed E-state index contributed by atoms with van der Waals surface area (Å²) in [7, 11) is 0. The first-order valence-corrected chi connectivity index (χ1v) is 6.22. The zero-order valence-electron chi connectivity index (χ0n) is 10.4. The molecule has 1 fully saturated rings. The predicted molar refractivity (Wildman–Crippen MR) is 65.3 cm³/mol. The van der Waals surface area contributed by atoms with E-state index in [1.54, 1.807) is 11.0 Å². The second-order valence-corrected chi connectivity index (χ2v) is 4.81. The fourth-order valence-corrected chi connectivity index (χ4v) is 2.38. The highest BCUT2D eigenvalue weighted by molar-refractivity contribution is 5.48. The Hall–Kier alpha value is -1.30. The molecule has 0 amide bonds. The first-order valence-electron chi connectivity index (χ1n) is 6.22. The average molecular weight is 276 g/mol. The summed E-state index contributed by atoms with van der Waals surface area (Å²) >= 11 is 0. The first-order chi connectivity index (χ1) is 8.91. The number of rotatable bonds is 2. The lowest BCUT2D eigenvalue weighted by atomic mass is 9.97. The van der Waals surface area contributed by atoms with E-state index in [0.29, 0.717) is 24.2 Å². The van der Waals surface area contributed by atoms with Crippen molar-refractivity contribution in [1.29, 1.82) is 0 Å². The fourth-order valence-electron chi connectivity index (χ4n) is 2.38. The van der Waals surface area contributed by atoms with Crippen LogP contribution in [0.15, 0.2) is 18.2 Å². The molecule has 2 nitrogen and oxygen atoms in total. The average Bonchev–Trinajstić information content (AvgIpc) is 2.38. The SMILES string of the molecule is NCc1ccc(N2CCCC(C(F)(F)F)C2)cc1F. The number of halogens is 4. The zero-order chi connectivity index (χ0) is 14.0. The van der Waals surface area contributed by atoms with E-state index in [2.05, 4.69) is 0 Å². The van der Waals surface area contributed by atoms with E-state index in [1.165, 1.54) is 12.1 Å². The number of nitrogens with zero attached hydrogens (tertiary/aromatic N) is 1. The number of nitrogens with two attached hydrogens (primary N) is 1. The van der Waals surface area contributed by atoms with E-state index in [4.69, 9.17) is 5.73 Å². The van der Waals surface area contributed by atoms with E-state index in [9.17, 15) is 17.6 Å². The van der Waals surface area contributed by atoms with E-state index >= 15 is 0 Å². The minimum absolute atomic E-state index is 0.0806. The molecule has 1 aromatic carbocycles. The van der Waals surface area contributed by atoms with Crippen LogP contribution in [-0.4, -0.2) is 19.3 Å². The highest BCUT2D eigenvalue weighted by Gasteiger charge is 2.41. The molecule has 0 spiro atoms. The summed E-state index contributed by atoms with van der Waals surface area (Å²) in [6.07, 6.45) is -3.58. The van der Waals surface area contributed by atoms with Crippen LogP contribution in [0.4, 0.5) is 23.2 Å². The quantitative estimate of drug-likeness (QED) is 0.841. The van der Waals surface area contributed by atoms with Gasteiger partial charge in [-0.15, -0.1) is 0 Å². The maximum atomic E-state index is 13.6. The second-order valence-electron chi connectivity index (χ2n) is 4.81. The molecular weight excluding hydrogens is 260 g/mol. The van der Waals surface area contributed by atoms with Gasteiger partial charge in [-0.05, 0) is 25.0 Å². The smallest absolute Gasteiger partial charge is 0.371 e. The van der Waals surface area contributed by atoms with Crippen molar-refractivity contribution in [2.75, 3.05) is 18.0 Å². The lowest BCUT2D eigenvalue weighted by molar-refractivity contribution is -0.175. The van der Waals surface area contributed by atoms with Crippen molar-refractivity contribution in [3.8, 4) is 0 Å². The molecule has 0 aliphatic carbocycles. The van der Waals surface area contributed by atoms with Crippen molar-refractivity contribution < 1.29 is 17.6 Å². The van der Waals surface area contributed by atoms with Gasteiger partial charge in [0.25, 0.3) is 0 Å². The van der Waals surface area contributed by atoms with Crippen molar-refractivity contribution in [3.05, 3.63) is 29.6 Å². The Balaban J connectivity index is 2.15. The number of hydrogen-bond donors (Lipinski definition) is 1. The Labute approximate surface area is 109 Å². The maximum absolute atomic E-state index is 13.6. The van der Waals surface area contributed by atoms with Crippen molar-refractivity contribution in [3.63, 3.8) is 0 Å². The van der Waals surface area contributed by atoms with Crippen LogP contribution >= 0.6 is 0 Å². The van der Waals surface area contributed by atoms with E-state index in [-0.39, 0.29) is 19.5 Å². The van der Waals surface area contributed by atoms with Gasteiger partial charge in [0.15, 0.2) is 0 Å². The van der Waals surface area contributed by atoms with Gasteiger partial charge in [0, 0.05) is 30.9 Å². The summed E-state index contributed by atoms with van der Waals surface area (Å²) in [6, 6.07) is 4.42. The number of benzene rings is 1. The van der Waals surface area contributed by atoms with Crippen molar-refractivity contribution >= 4 is 5.69 Å². The lowest BCUT2D eigenvalue weighted by Gasteiger charge is -2.35. The van der Waals surface area contributed by atoms with Crippen LogP contribution < -0.4 is 10.6 Å². The first kappa shape index (κ1) is 14.1. The Morgan fingerprint density at radius 2 is 2.05 bits per heavy atom. The van der Waals surface area contributed by atoms with E-state index in [0.717, 1.165) is 0 Å². The van der Waals surface area contributed by atoms with Crippen molar-refractivity contribution in [2.24, 2.45) is 11.7 Å². The zero-order valence-corrected chi connectivity index (χ0v) is 10.4. The molecule has 0 bridgehead atoms. The number of piperidine rings is 1. The summed E-state index contributed by atoms with van der Waals surface area (Å²) < 4.78 is 51.7. The maximum Gasteiger partial charge on any atom is 0.393 e. The normalized spacial score (nSPS) is 20.7. The van der Waals surface area contributed by atoms with E-state index in [1.807, 2.05) is 0 Å². The second kappa shape index (κ2) is 5.36. The Morgan fingerprint density at radius 1 is 1.32 bits per heavy atom. The molecule has 1 aliphatic rings. The van der Waals surface area contributed by atoms with Gasteiger partial charge >= 0.3 is 6.18 Å². The van der Waals surface area contributed by atoms with Gasteiger partial charge < -0.3 is 10.6 Å². The highest BCUT2D eigenvalue weighted by Crippen LogP contribution is 2.35. The van der Waals surface area contributed by atoms with Crippen molar-refractivity contribution in [1.82, 2.24) is 0 Å². The topological polar surface area (TPSA) is 29.3 Å². The predicted octanol–water partition coefficient (Wildman–Crippen LogP) is 3.06. The summed E-state index contributed by atoms with van der Waals surface area (Å²) in [4.78, 5) is 1.59. The van der Waals surface area contributed by atoms with Gasteiger partial charge in [0.2, 0.25) is 0 Å². The van der Waals surface area contributed by atoms with Crippen molar-refractivity contribution in [2.45, 2.75) is 25.6 Å². The molecule has 1 aromatic rings. The molecule has 0 saturated carbocycles. The van der Waals surface area contributed by atoms with Gasteiger partial charge in [-0.1, -0.05) is 6.07 Å². The van der Waals surface area contributed by atoms with Crippen LogP contribution in [0.5, 0.6) is 0 Å². The van der Waals surface area contributed by atoms with Gasteiger partial charge in [-0.25, -0.2) is 4.39 Å². The Kier molecular flexibility index (Phi) is 3.99. The number of alkyl halides is 3. The molecule has 1 saturated heterocycles. The summed E-state index contributed by atoms with van der Waals surface area (Å²) in [5, 5.41) is 0. The minimum atomic E-state index is -4.19. The third-order valence-electron chi connectivity index (χ3n) is 3.51. The summed E-state index contributed by atoms with van der Waals surface area (Å²) in [6.45, 7) is 0.496. The standard InChI is InChI=1S/C13H16F4N2/c14-12-6-11(4-3-9(12)7-18)19-5-1-2-10(8-19)13(15,16)17/h3-4,6,10H,1-2,5,7-8,18H2. The van der Waals surface area contributed by atoms with E-state index < -0.39 is 17.9 Å². The molecule has 6 heteroatoms. The number of hydrogen-bond acceptors (Lipinski definition) is 2. The molecule has 19 heavy (non-hydrogen) atoms. The van der Waals surface area contributed by atoms with Crippen LogP contribution in [0, 0.1) is 11.7 Å². The molecule has 106 valence electrons. The molecule has 1 heterocycles. The molecular formula is C13H16F4N2. The molecule has 1 unspecified atom stereocenters. The molecule has 1 aliphatic heterocycles. The fraction of sp³-hybridized carbons (Fsp3) is 0.538. The number of anilines is 1. The van der Waals surface area contributed by atoms with Gasteiger partial charge in [0.1, 0.15) is 5.82 Å². The van der Waals surface area contributed by atoms with Crippen LogP contribution in [0.2, 0.25) is 0 Å². The molecule has 0 radical (unpaired) electrons.